The Morgan fingerprint density at radius 1 is 1.24 bits per heavy atom. The number of hydrogen-bond donors (Lipinski definition) is 2. The molecule has 0 bridgehead atoms. The van der Waals surface area contributed by atoms with Gasteiger partial charge in [0, 0.05) is 32.0 Å². The smallest absolute Gasteiger partial charge is 0.416 e. The monoisotopic (exact) mass is 357 g/mol. The third kappa shape index (κ3) is 3.63. The van der Waals surface area contributed by atoms with Crippen molar-refractivity contribution in [3.05, 3.63) is 35.4 Å². The van der Waals surface area contributed by atoms with E-state index in [0.29, 0.717) is 12.0 Å². The standard InChI is InChI=1S/C17H18F3NO4/c18-17(19,20)11-3-1-2-10(8-11)12-9-13(12)14(22)21-16(15(23)24)4-6-25-7-5-16/h1-3,8,12-13H,4-7,9H2,(H,21,22)(H,23,24). The first-order valence-corrected chi connectivity index (χ1v) is 8.03. The molecule has 1 saturated heterocycles. The molecule has 25 heavy (non-hydrogen) atoms. The van der Waals surface area contributed by atoms with Gasteiger partial charge >= 0.3 is 12.1 Å². The molecule has 1 saturated carbocycles. The van der Waals surface area contributed by atoms with Crippen molar-refractivity contribution >= 4 is 11.9 Å². The van der Waals surface area contributed by atoms with Crippen LogP contribution in [-0.2, 0) is 20.5 Å². The summed E-state index contributed by atoms with van der Waals surface area (Å²) in [4.78, 5) is 24.0. The third-order valence-electron chi connectivity index (χ3n) is 4.89. The Hall–Kier alpha value is -2.09. The van der Waals surface area contributed by atoms with Crippen LogP contribution in [0.1, 0.15) is 36.3 Å². The summed E-state index contributed by atoms with van der Waals surface area (Å²) < 4.78 is 43.5. The summed E-state index contributed by atoms with van der Waals surface area (Å²) in [5.41, 5.74) is -1.65. The zero-order valence-corrected chi connectivity index (χ0v) is 13.3. The molecule has 3 rings (SSSR count). The fraction of sp³-hybridized carbons (Fsp3) is 0.529. The minimum atomic E-state index is -4.43. The number of ether oxygens (including phenoxy) is 1. The zero-order valence-electron chi connectivity index (χ0n) is 13.3. The van der Waals surface area contributed by atoms with Crippen molar-refractivity contribution in [2.24, 2.45) is 5.92 Å². The number of amides is 1. The van der Waals surface area contributed by atoms with Gasteiger partial charge in [-0.15, -0.1) is 0 Å². The first-order chi connectivity index (χ1) is 11.7. The number of carbonyl (C=O) groups excluding carboxylic acids is 1. The highest BCUT2D eigenvalue weighted by Gasteiger charge is 2.49. The van der Waals surface area contributed by atoms with Gasteiger partial charge in [0.2, 0.25) is 5.91 Å². The van der Waals surface area contributed by atoms with Crippen molar-refractivity contribution in [1.82, 2.24) is 5.32 Å². The Labute approximate surface area is 142 Å². The Bertz CT molecular complexity index is 683. The van der Waals surface area contributed by atoms with Crippen LogP contribution in [0.3, 0.4) is 0 Å². The number of carboxylic acid groups (broad SMARTS) is 1. The zero-order chi connectivity index (χ0) is 18.2. The summed E-state index contributed by atoms with van der Waals surface area (Å²) in [6.07, 6.45) is -3.67. The second-order valence-corrected chi connectivity index (χ2v) is 6.56. The van der Waals surface area contributed by atoms with Crippen molar-refractivity contribution in [3.63, 3.8) is 0 Å². The van der Waals surface area contributed by atoms with E-state index in [2.05, 4.69) is 5.32 Å². The lowest BCUT2D eigenvalue weighted by molar-refractivity contribution is -0.152. The molecule has 2 N–H and O–H groups in total. The summed E-state index contributed by atoms with van der Waals surface area (Å²) in [5.74, 6) is -2.34. The maximum atomic E-state index is 12.8. The topological polar surface area (TPSA) is 75.6 Å². The SMILES string of the molecule is O=C(NC1(C(=O)O)CCOCC1)C1CC1c1cccc(C(F)(F)F)c1. The van der Waals surface area contributed by atoms with Crippen LogP contribution in [0.25, 0.3) is 0 Å². The van der Waals surface area contributed by atoms with Crippen LogP contribution in [0.15, 0.2) is 24.3 Å². The van der Waals surface area contributed by atoms with E-state index in [0.717, 1.165) is 12.1 Å². The van der Waals surface area contributed by atoms with Crippen molar-refractivity contribution in [2.75, 3.05) is 13.2 Å². The number of rotatable bonds is 4. The molecule has 0 spiro atoms. The molecule has 0 radical (unpaired) electrons. The number of alkyl halides is 3. The molecule has 2 unspecified atom stereocenters. The molecule has 5 nitrogen and oxygen atoms in total. The number of benzene rings is 1. The average Bonchev–Trinajstić information content (AvgIpc) is 3.36. The van der Waals surface area contributed by atoms with E-state index in [1.54, 1.807) is 6.07 Å². The van der Waals surface area contributed by atoms with Gasteiger partial charge in [-0.05, 0) is 24.0 Å². The second kappa shape index (κ2) is 6.33. The molecule has 2 atom stereocenters. The predicted octanol–water partition coefficient (Wildman–Crippen LogP) is 2.56. The van der Waals surface area contributed by atoms with E-state index in [1.165, 1.54) is 6.07 Å². The number of aliphatic carboxylic acids is 1. The number of hydrogen-bond acceptors (Lipinski definition) is 3. The van der Waals surface area contributed by atoms with Gasteiger partial charge < -0.3 is 15.2 Å². The van der Waals surface area contributed by atoms with Crippen LogP contribution >= 0.6 is 0 Å². The summed E-state index contributed by atoms with van der Waals surface area (Å²) in [6.45, 7) is 0.489. The van der Waals surface area contributed by atoms with Crippen LogP contribution in [0.5, 0.6) is 0 Å². The van der Waals surface area contributed by atoms with Crippen LogP contribution in [0, 0.1) is 5.92 Å². The molecule has 1 aromatic carbocycles. The van der Waals surface area contributed by atoms with E-state index in [1.807, 2.05) is 0 Å². The Morgan fingerprint density at radius 2 is 1.92 bits per heavy atom. The Kier molecular flexibility index (Phi) is 4.49. The van der Waals surface area contributed by atoms with Crippen LogP contribution in [0.4, 0.5) is 13.2 Å². The number of carboxylic acids is 1. The third-order valence-corrected chi connectivity index (χ3v) is 4.89. The highest BCUT2D eigenvalue weighted by atomic mass is 19.4. The van der Waals surface area contributed by atoms with E-state index >= 15 is 0 Å². The van der Waals surface area contributed by atoms with Crippen molar-refractivity contribution in [2.45, 2.75) is 36.9 Å². The molecule has 1 heterocycles. The van der Waals surface area contributed by atoms with Gasteiger partial charge in [0.15, 0.2) is 0 Å². The molecule has 1 aliphatic heterocycles. The first-order valence-electron chi connectivity index (χ1n) is 8.03. The molecule has 136 valence electrons. The van der Waals surface area contributed by atoms with Gasteiger partial charge in [-0.3, -0.25) is 4.79 Å². The van der Waals surface area contributed by atoms with Gasteiger partial charge in [-0.2, -0.15) is 13.2 Å². The fourth-order valence-corrected chi connectivity index (χ4v) is 3.24. The number of halogens is 3. The fourth-order valence-electron chi connectivity index (χ4n) is 3.24. The molecule has 1 aromatic rings. The van der Waals surface area contributed by atoms with E-state index in [-0.39, 0.29) is 32.0 Å². The van der Waals surface area contributed by atoms with Crippen LogP contribution < -0.4 is 5.32 Å². The normalized spacial score (nSPS) is 25.2. The molecule has 1 amide bonds. The van der Waals surface area contributed by atoms with Gasteiger partial charge in [0.25, 0.3) is 0 Å². The van der Waals surface area contributed by atoms with Crippen LogP contribution in [0.2, 0.25) is 0 Å². The Balaban J connectivity index is 1.69. The lowest BCUT2D eigenvalue weighted by atomic mass is 9.89. The van der Waals surface area contributed by atoms with Gasteiger partial charge in [-0.1, -0.05) is 18.2 Å². The predicted molar refractivity (Wildman–Crippen MR) is 80.9 cm³/mol. The lowest BCUT2D eigenvalue weighted by Crippen LogP contribution is -2.57. The molecule has 2 fully saturated rings. The number of carbonyl (C=O) groups is 2. The molecular weight excluding hydrogens is 339 g/mol. The maximum Gasteiger partial charge on any atom is 0.416 e. The lowest BCUT2D eigenvalue weighted by Gasteiger charge is -2.34. The second-order valence-electron chi connectivity index (χ2n) is 6.56. The Morgan fingerprint density at radius 3 is 2.52 bits per heavy atom. The van der Waals surface area contributed by atoms with E-state index < -0.39 is 35.1 Å². The largest absolute Gasteiger partial charge is 0.480 e. The van der Waals surface area contributed by atoms with E-state index in [4.69, 9.17) is 4.74 Å². The number of nitrogens with one attached hydrogen (secondary N) is 1. The van der Waals surface area contributed by atoms with E-state index in [9.17, 15) is 27.9 Å². The average molecular weight is 357 g/mol. The molecular formula is C17H18F3NO4. The molecule has 1 aliphatic carbocycles. The summed E-state index contributed by atoms with van der Waals surface area (Å²) in [7, 11) is 0. The van der Waals surface area contributed by atoms with Crippen LogP contribution in [-0.4, -0.2) is 35.7 Å². The van der Waals surface area contributed by atoms with Crippen molar-refractivity contribution < 1.29 is 32.6 Å². The maximum absolute atomic E-state index is 12.8. The highest BCUT2D eigenvalue weighted by Crippen LogP contribution is 2.48. The molecule has 0 aromatic heterocycles. The summed E-state index contributed by atoms with van der Waals surface area (Å²) in [5, 5.41) is 12.1. The highest BCUT2D eigenvalue weighted by molar-refractivity contribution is 5.90. The minimum absolute atomic E-state index is 0.176. The molecule has 2 aliphatic rings. The molecule has 8 heteroatoms. The summed E-state index contributed by atoms with van der Waals surface area (Å²) in [6, 6.07) is 4.93. The van der Waals surface area contributed by atoms with Gasteiger partial charge in [0.05, 0.1) is 5.56 Å². The van der Waals surface area contributed by atoms with Gasteiger partial charge in [0.1, 0.15) is 5.54 Å². The van der Waals surface area contributed by atoms with Crippen molar-refractivity contribution in [1.29, 1.82) is 0 Å². The first kappa shape index (κ1) is 17.7. The minimum Gasteiger partial charge on any atom is -0.480 e. The summed E-state index contributed by atoms with van der Waals surface area (Å²) >= 11 is 0. The van der Waals surface area contributed by atoms with Crippen molar-refractivity contribution in [3.8, 4) is 0 Å². The van der Waals surface area contributed by atoms with Gasteiger partial charge in [-0.25, -0.2) is 4.79 Å². The quantitative estimate of drug-likeness (QED) is 0.868.